The summed E-state index contributed by atoms with van der Waals surface area (Å²) in [5, 5.41) is 0. The Hall–Kier alpha value is -1.55. The summed E-state index contributed by atoms with van der Waals surface area (Å²) in [7, 11) is 0. The molecule has 104 valence electrons. The predicted molar refractivity (Wildman–Crippen MR) is 77.8 cm³/mol. The predicted octanol–water partition coefficient (Wildman–Crippen LogP) is 4.93. The third kappa shape index (κ3) is 3.73. The summed E-state index contributed by atoms with van der Waals surface area (Å²) in [6.45, 7) is 0. The van der Waals surface area contributed by atoms with Crippen molar-refractivity contribution in [3.05, 3.63) is 69.7 Å². The molecule has 0 spiro atoms. The minimum atomic E-state index is -0.818. The van der Waals surface area contributed by atoms with Crippen LogP contribution in [0.5, 0.6) is 0 Å². The quantitative estimate of drug-likeness (QED) is 0.706. The first kappa shape index (κ1) is 14.9. The smallest absolute Gasteiger partial charge is 0.168 e. The van der Waals surface area contributed by atoms with E-state index < -0.39 is 23.0 Å². The van der Waals surface area contributed by atoms with Crippen LogP contribution in [-0.2, 0) is 6.42 Å². The van der Waals surface area contributed by atoms with Crippen molar-refractivity contribution in [1.29, 1.82) is 0 Å². The SMILES string of the molecule is O=C(CCCc1ccccc1)c1c(F)cc(Br)cc1F. The minimum Gasteiger partial charge on any atom is -0.294 e. The van der Waals surface area contributed by atoms with Crippen molar-refractivity contribution < 1.29 is 13.6 Å². The summed E-state index contributed by atoms with van der Waals surface area (Å²) in [6.07, 6.45) is 1.41. The summed E-state index contributed by atoms with van der Waals surface area (Å²) in [5.74, 6) is -2.13. The molecule has 2 aromatic rings. The Morgan fingerprint density at radius 2 is 1.65 bits per heavy atom. The maximum absolute atomic E-state index is 13.6. The van der Waals surface area contributed by atoms with Crippen LogP contribution >= 0.6 is 15.9 Å². The number of halogens is 3. The summed E-state index contributed by atoms with van der Waals surface area (Å²) < 4.78 is 27.5. The number of hydrogen-bond donors (Lipinski definition) is 0. The van der Waals surface area contributed by atoms with Crippen molar-refractivity contribution in [2.24, 2.45) is 0 Å². The van der Waals surface area contributed by atoms with Crippen LogP contribution in [-0.4, -0.2) is 5.78 Å². The molecule has 0 fully saturated rings. The lowest BCUT2D eigenvalue weighted by molar-refractivity contribution is 0.0972. The van der Waals surface area contributed by atoms with Crippen LogP contribution in [0, 0.1) is 11.6 Å². The van der Waals surface area contributed by atoms with Gasteiger partial charge in [0.15, 0.2) is 5.78 Å². The third-order valence-electron chi connectivity index (χ3n) is 3.00. The highest BCUT2D eigenvalue weighted by Gasteiger charge is 2.17. The molecule has 0 amide bonds. The second kappa shape index (κ2) is 6.75. The lowest BCUT2D eigenvalue weighted by Crippen LogP contribution is -2.06. The van der Waals surface area contributed by atoms with Crippen LogP contribution < -0.4 is 0 Å². The molecule has 0 bridgehead atoms. The molecule has 2 aromatic carbocycles. The molecule has 1 nitrogen and oxygen atoms in total. The molecule has 0 saturated heterocycles. The van der Waals surface area contributed by atoms with E-state index in [0.29, 0.717) is 12.8 Å². The Bertz CT molecular complexity index is 588. The zero-order valence-electron chi connectivity index (χ0n) is 10.7. The first-order valence-corrected chi connectivity index (χ1v) is 7.09. The van der Waals surface area contributed by atoms with Gasteiger partial charge in [-0.2, -0.15) is 0 Å². The molecule has 0 aliphatic heterocycles. The monoisotopic (exact) mass is 338 g/mol. The lowest BCUT2D eigenvalue weighted by Gasteiger charge is -2.05. The van der Waals surface area contributed by atoms with Gasteiger partial charge >= 0.3 is 0 Å². The van der Waals surface area contributed by atoms with E-state index in [0.717, 1.165) is 17.7 Å². The molecule has 0 atom stereocenters. The highest BCUT2D eigenvalue weighted by Crippen LogP contribution is 2.21. The first-order valence-electron chi connectivity index (χ1n) is 6.29. The van der Waals surface area contributed by atoms with Crippen LogP contribution in [0.4, 0.5) is 8.78 Å². The van der Waals surface area contributed by atoms with E-state index in [9.17, 15) is 13.6 Å². The Morgan fingerprint density at radius 3 is 2.25 bits per heavy atom. The number of Topliss-reactive ketones (excluding diaryl/α,β-unsaturated/α-hetero) is 1. The van der Waals surface area contributed by atoms with Crippen molar-refractivity contribution in [2.75, 3.05) is 0 Å². The van der Waals surface area contributed by atoms with Gasteiger partial charge in [0.25, 0.3) is 0 Å². The van der Waals surface area contributed by atoms with Crippen molar-refractivity contribution >= 4 is 21.7 Å². The highest BCUT2D eigenvalue weighted by molar-refractivity contribution is 9.10. The second-order valence-corrected chi connectivity index (χ2v) is 5.42. The molecule has 0 aromatic heterocycles. The Balaban J connectivity index is 1.99. The molecule has 4 heteroatoms. The van der Waals surface area contributed by atoms with Crippen LogP contribution in [0.25, 0.3) is 0 Å². The van der Waals surface area contributed by atoms with Gasteiger partial charge in [0, 0.05) is 10.9 Å². The van der Waals surface area contributed by atoms with E-state index >= 15 is 0 Å². The molecule has 0 heterocycles. The van der Waals surface area contributed by atoms with E-state index in [1.807, 2.05) is 30.3 Å². The van der Waals surface area contributed by atoms with Crippen molar-refractivity contribution in [3.8, 4) is 0 Å². The largest absolute Gasteiger partial charge is 0.294 e. The third-order valence-corrected chi connectivity index (χ3v) is 3.46. The number of aryl methyl sites for hydroxylation is 1. The minimum absolute atomic E-state index is 0.129. The average Bonchev–Trinajstić information content (AvgIpc) is 2.38. The number of rotatable bonds is 5. The number of benzene rings is 2. The number of hydrogen-bond acceptors (Lipinski definition) is 1. The Labute approximate surface area is 124 Å². The van der Waals surface area contributed by atoms with Crippen LogP contribution in [0.15, 0.2) is 46.9 Å². The maximum atomic E-state index is 13.6. The standard InChI is InChI=1S/C16H13BrF2O/c17-12-9-13(18)16(14(19)10-12)15(20)8-4-7-11-5-2-1-3-6-11/h1-3,5-6,9-10H,4,7-8H2. The van der Waals surface area contributed by atoms with Gasteiger partial charge in [-0.25, -0.2) is 8.78 Å². The van der Waals surface area contributed by atoms with E-state index in [2.05, 4.69) is 15.9 Å². The summed E-state index contributed by atoms with van der Waals surface area (Å²) in [5.41, 5.74) is 0.665. The fourth-order valence-electron chi connectivity index (χ4n) is 2.03. The number of ketones is 1. The van der Waals surface area contributed by atoms with Crippen LogP contribution in [0.3, 0.4) is 0 Å². The van der Waals surface area contributed by atoms with Crippen molar-refractivity contribution in [2.45, 2.75) is 19.3 Å². The van der Waals surface area contributed by atoms with E-state index in [1.165, 1.54) is 0 Å². The molecule has 0 saturated carbocycles. The summed E-state index contributed by atoms with van der Waals surface area (Å²) in [6, 6.07) is 11.9. The lowest BCUT2D eigenvalue weighted by atomic mass is 10.0. The zero-order chi connectivity index (χ0) is 14.5. The maximum Gasteiger partial charge on any atom is 0.168 e. The average molecular weight is 339 g/mol. The molecule has 20 heavy (non-hydrogen) atoms. The Kier molecular flexibility index (Phi) is 5.01. The molecule has 0 aliphatic carbocycles. The van der Waals surface area contributed by atoms with Gasteiger partial charge in [0.1, 0.15) is 11.6 Å². The molecule has 0 N–H and O–H groups in total. The van der Waals surface area contributed by atoms with Gasteiger partial charge in [-0.1, -0.05) is 46.3 Å². The number of carbonyl (C=O) groups is 1. The second-order valence-electron chi connectivity index (χ2n) is 4.51. The van der Waals surface area contributed by atoms with E-state index in [1.54, 1.807) is 0 Å². The topological polar surface area (TPSA) is 17.1 Å². The molecule has 2 rings (SSSR count). The van der Waals surface area contributed by atoms with Crippen LogP contribution in [0.2, 0.25) is 0 Å². The molecular formula is C16H13BrF2O. The highest BCUT2D eigenvalue weighted by atomic mass is 79.9. The molecule has 0 radical (unpaired) electrons. The van der Waals surface area contributed by atoms with Gasteiger partial charge < -0.3 is 0 Å². The normalized spacial score (nSPS) is 10.6. The van der Waals surface area contributed by atoms with E-state index in [-0.39, 0.29) is 10.9 Å². The van der Waals surface area contributed by atoms with Gasteiger partial charge in [0.2, 0.25) is 0 Å². The van der Waals surface area contributed by atoms with Crippen LogP contribution in [0.1, 0.15) is 28.8 Å². The van der Waals surface area contributed by atoms with Crippen molar-refractivity contribution in [3.63, 3.8) is 0 Å². The van der Waals surface area contributed by atoms with Gasteiger partial charge in [-0.3, -0.25) is 4.79 Å². The van der Waals surface area contributed by atoms with Crippen molar-refractivity contribution in [1.82, 2.24) is 0 Å². The zero-order valence-corrected chi connectivity index (χ0v) is 12.3. The number of carbonyl (C=O) groups excluding carboxylic acids is 1. The molecule has 0 aliphatic rings. The first-order chi connectivity index (χ1) is 9.58. The fraction of sp³-hybridized carbons (Fsp3) is 0.188. The summed E-state index contributed by atoms with van der Waals surface area (Å²) in [4.78, 5) is 11.9. The fourth-order valence-corrected chi connectivity index (χ4v) is 2.43. The Morgan fingerprint density at radius 1 is 1.05 bits per heavy atom. The van der Waals surface area contributed by atoms with Gasteiger partial charge in [0.05, 0.1) is 5.56 Å². The summed E-state index contributed by atoms with van der Waals surface area (Å²) >= 11 is 2.99. The van der Waals surface area contributed by atoms with Gasteiger partial charge in [-0.05, 0) is 30.5 Å². The molecule has 0 unspecified atom stereocenters. The van der Waals surface area contributed by atoms with E-state index in [4.69, 9.17) is 0 Å². The van der Waals surface area contributed by atoms with Gasteiger partial charge in [-0.15, -0.1) is 0 Å². The molecular weight excluding hydrogens is 326 g/mol.